The van der Waals surface area contributed by atoms with E-state index in [9.17, 15) is 9.59 Å². The Hall–Kier alpha value is -2.35. The third-order valence-corrected chi connectivity index (χ3v) is 6.18. The Morgan fingerprint density at radius 2 is 1.93 bits per heavy atom. The molecule has 2 aliphatic rings. The van der Waals surface area contributed by atoms with E-state index in [-0.39, 0.29) is 11.8 Å². The molecule has 1 N–H and O–H groups in total. The second-order valence-corrected chi connectivity index (χ2v) is 7.94. The number of hydrogen-bond donors (Lipinski definition) is 1. The molecule has 0 aliphatic carbocycles. The smallest absolute Gasteiger partial charge is 0.259 e. The van der Waals surface area contributed by atoms with E-state index in [1.54, 1.807) is 29.8 Å². The van der Waals surface area contributed by atoms with Crippen molar-refractivity contribution in [1.82, 2.24) is 10.2 Å². The second-order valence-electron chi connectivity index (χ2n) is 6.85. The number of morpholine rings is 1. The van der Waals surface area contributed by atoms with Crippen LogP contribution in [0.4, 0.5) is 5.69 Å². The van der Waals surface area contributed by atoms with Gasteiger partial charge in [0.25, 0.3) is 11.8 Å². The lowest BCUT2D eigenvalue weighted by molar-refractivity contribution is 0.0383. The summed E-state index contributed by atoms with van der Waals surface area (Å²) in [7, 11) is 1.75. The fourth-order valence-corrected chi connectivity index (χ4v) is 4.49. The van der Waals surface area contributed by atoms with E-state index in [1.807, 2.05) is 36.4 Å². The first kappa shape index (κ1) is 19.0. The molecule has 0 bridgehead atoms. The SMILES string of the molecule is CN1C(=O)c2ccccc2Sc2ccc(C(=O)NCCN3CCOCC3)cc21. The minimum absolute atomic E-state index is 0.0632. The van der Waals surface area contributed by atoms with Gasteiger partial charge in [-0.2, -0.15) is 0 Å². The fourth-order valence-electron chi connectivity index (χ4n) is 3.40. The fraction of sp³-hybridized carbons (Fsp3) is 0.333. The molecule has 0 spiro atoms. The minimum atomic E-state index is -0.122. The van der Waals surface area contributed by atoms with E-state index in [1.165, 1.54) is 0 Å². The molecule has 0 unspecified atom stereocenters. The van der Waals surface area contributed by atoms with Crippen LogP contribution in [-0.2, 0) is 4.74 Å². The Labute approximate surface area is 168 Å². The van der Waals surface area contributed by atoms with Crippen LogP contribution in [-0.4, -0.2) is 63.2 Å². The number of anilines is 1. The van der Waals surface area contributed by atoms with Crippen LogP contribution in [0.3, 0.4) is 0 Å². The maximum atomic E-state index is 12.8. The molecule has 1 saturated heterocycles. The van der Waals surface area contributed by atoms with Crippen molar-refractivity contribution in [3.63, 3.8) is 0 Å². The standard InChI is InChI=1S/C21H23N3O3S/c1-23-17-14-15(20(25)22-8-9-24-10-12-27-13-11-24)6-7-19(17)28-18-5-3-2-4-16(18)21(23)26/h2-7,14H,8-13H2,1H3,(H,22,25). The lowest BCUT2D eigenvalue weighted by Crippen LogP contribution is -2.41. The van der Waals surface area contributed by atoms with Gasteiger partial charge in [-0.15, -0.1) is 0 Å². The maximum Gasteiger partial charge on any atom is 0.259 e. The molecular formula is C21H23N3O3S. The molecule has 0 radical (unpaired) electrons. The first-order valence-corrected chi connectivity index (χ1v) is 10.2. The number of nitrogens with one attached hydrogen (secondary N) is 1. The zero-order valence-corrected chi connectivity index (χ0v) is 16.6. The lowest BCUT2D eigenvalue weighted by atomic mass is 10.1. The van der Waals surface area contributed by atoms with Crippen molar-refractivity contribution in [2.75, 3.05) is 51.3 Å². The molecule has 146 valence electrons. The molecule has 0 aromatic heterocycles. The molecule has 0 atom stereocenters. The number of ether oxygens (including phenoxy) is 1. The van der Waals surface area contributed by atoms with Crippen molar-refractivity contribution in [1.29, 1.82) is 0 Å². The summed E-state index contributed by atoms with van der Waals surface area (Å²) in [5.74, 6) is -0.185. The number of fused-ring (bicyclic) bond motifs is 2. The van der Waals surface area contributed by atoms with E-state index >= 15 is 0 Å². The Kier molecular flexibility index (Phi) is 5.66. The molecule has 2 aromatic rings. The molecule has 2 aromatic carbocycles. The van der Waals surface area contributed by atoms with E-state index in [0.717, 1.165) is 48.3 Å². The molecular weight excluding hydrogens is 374 g/mol. The average molecular weight is 398 g/mol. The van der Waals surface area contributed by atoms with Crippen LogP contribution in [0.15, 0.2) is 52.3 Å². The van der Waals surface area contributed by atoms with Crippen molar-refractivity contribution in [2.45, 2.75) is 9.79 Å². The highest BCUT2D eigenvalue weighted by Crippen LogP contribution is 2.41. The monoisotopic (exact) mass is 397 g/mol. The van der Waals surface area contributed by atoms with Gasteiger partial charge in [-0.25, -0.2) is 0 Å². The molecule has 6 nitrogen and oxygen atoms in total. The second kappa shape index (κ2) is 8.34. The molecule has 2 heterocycles. The van der Waals surface area contributed by atoms with Crippen LogP contribution in [0.2, 0.25) is 0 Å². The van der Waals surface area contributed by atoms with E-state index in [0.29, 0.717) is 17.7 Å². The van der Waals surface area contributed by atoms with Crippen molar-refractivity contribution in [3.05, 3.63) is 53.6 Å². The molecule has 2 amide bonds. The third kappa shape index (κ3) is 3.92. The minimum Gasteiger partial charge on any atom is -0.379 e. The summed E-state index contributed by atoms with van der Waals surface area (Å²) in [6.07, 6.45) is 0. The summed E-state index contributed by atoms with van der Waals surface area (Å²) in [6, 6.07) is 13.1. The van der Waals surface area contributed by atoms with Crippen LogP contribution < -0.4 is 10.2 Å². The zero-order chi connectivity index (χ0) is 19.5. The van der Waals surface area contributed by atoms with Crippen molar-refractivity contribution in [3.8, 4) is 0 Å². The Bertz CT molecular complexity index is 896. The number of carbonyl (C=O) groups is 2. The molecule has 28 heavy (non-hydrogen) atoms. The van der Waals surface area contributed by atoms with Crippen LogP contribution in [0.5, 0.6) is 0 Å². The number of rotatable bonds is 4. The highest BCUT2D eigenvalue weighted by Gasteiger charge is 2.25. The number of hydrogen-bond acceptors (Lipinski definition) is 5. The van der Waals surface area contributed by atoms with Crippen molar-refractivity contribution in [2.24, 2.45) is 0 Å². The van der Waals surface area contributed by atoms with Crippen LogP contribution in [0.25, 0.3) is 0 Å². The Morgan fingerprint density at radius 3 is 2.75 bits per heavy atom. The van der Waals surface area contributed by atoms with Gasteiger partial charge < -0.3 is 15.0 Å². The summed E-state index contributed by atoms with van der Waals surface area (Å²) >= 11 is 1.56. The van der Waals surface area contributed by atoms with Crippen LogP contribution >= 0.6 is 11.8 Å². The van der Waals surface area contributed by atoms with E-state index < -0.39 is 0 Å². The van der Waals surface area contributed by atoms with Gasteiger partial charge >= 0.3 is 0 Å². The van der Waals surface area contributed by atoms with Gasteiger partial charge in [-0.1, -0.05) is 23.9 Å². The van der Waals surface area contributed by atoms with Gasteiger partial charge in [0.05, 0.1) is 24.5 Å². The van der Waals surface area contributed by atoms with E-state index in [4.69, 9.17) is 4.74 Å². The number of benzene rings is 2. The number of amides is 2. The first-order valence-electron chi connectivity index (χ1n) is 9.41. The zero-order valence-electron chi connectivity index (χ0n) is 15.8. The third-order valence-electron chi connectivity index (χ3n) is 5.04. The van der Waals surface area contributed by atoms with Gasteiger partial charge in [-0.3, -0.25) is 14.5 Å². The highest BCUT2D eigenvalue weighted by molar-refractivity contribution is 7.99. The summed E-state index contributed by atoms with van der Waals surface area (Å²) in [6.45, 7) is 4.70. The average Bonchev–Trinajstić information content (AvgIpc) is 2.83. The molecule has 2 aliphatic heterocycles. The molecule has 4 rings (SSSR count). The Morgan fingerprint density at radius 1 is 1.14 bits per heavy atom. The Balaban J connectivity index is 1.47. The normalized spacial score (nSPS) is 16.9. The summed E-state index contributed by atoms with van der Waals surface area (Å²) in [4.78, 5) is 31.2. The van der Waals surface area contributed by atoms with Gasteiger partial charge in [0, 0.05) is 48.6 Å². The highest BCUT2D eigenvalue weighted by atomic mass is 32.2. The lowest BCUT2D eigenvalue weighted by Gasteiger charge is -2.26. The molecule has 1 fully saturated rings. The number of nitrogens with zero attached hydrogens (tertiary/aromatic N) is 2. The first-order chi connectivity index (χ1) is 13.6. The van der Waals surface area contributed by atoms with Crippen LogP contribution in [0, 0.1) is 0 Å². The van der Waals surface area contributed by atoms with E-state index in [2.05, 4.69) is 10.2 Å². The van der Waals surface area contributed by atoms with Crippen molar-refractivity contribution < 1.29 is 14.3 Å². The van der Waals surface area contributed by atoms with Gasteiger partial charge in [0.2, 0.25) is 0 Å². The largest absolute Gasteiger partial charge is 0.379 e. The summed E-state index contributed by atoms with van der Waals surface area (Å²) in [5.41, 5.74) is 2.00. The topological polar surface area (TPSA) is 61.9 Å². The molecule has 0 saturated carbocycles. The predicted molar refractivity (Wildman–Crippen MR) is 109 cm³/mol. The summed E-state index contributed by atoms with van der Waals surface area (Å²) in [5, 5.41) is 2.98. The maximum absolute atomic E-state index is 12.8. The summed E-state index contributed by atoms with van der Waals surface area (Å²) < 4.78 is 5.34. The quantitative estimate of drug-likeness (QED) is 0.859. The number of carbonyl (C=O) groups excluding carboxylic acids is 2. The molecule has 7 heteroatoms. The predicted octanol–water partition coefficient (Wildman–Crippen LogP) is 2.49. The van der Waals surface area contributed by atoms with Crippen LogP contribution in [0.1, 0.15) is 20.7 Å². The van der Waals surface area contributed by atoms with Gasteiger partial charge in [0.1, 0.15) is 0 Å². The van der Waals surface area contributed by atoms with Gasteiger partial charge in [0.15, 0.2) is 0 Å². The van der Waals surface area contributed by atoms with Gasteiger partial charge in [-0.05, 0) is 30.3 Å². The van der Waals surface area contributed by atoms with Crippen molar-refractivity contribution >= 4 is 29.3 Å².